The zero-order chi connectivity index (χ0) is 18.4. The number of thiazole rings is 1. The zero-order valence-electron chi connectivity index (χ0n) is 14.4. The summed E-state index contributed by atoms with van der Waals surface area (Å²) in [6.07, 6.45) is -3.57. The standard InChI is InChI=1S/C17H21F3N4S/c1-11-12(2)25-15(24-11)7-8-22-16(21-3)23-10-13-5-4-6-14(9-13)17(18,19)20/h4-6,9H,7-8,10H2,1-3H3,(H2,21,22,23). The maximum atomic E-state index is 12.7. The van der Waals surface area contributed by atoms with E-state index < -0.39 is 11.7 Å². The molecule has 0 aliphatic carbocycles. The van der Waals surface area contributed by atoms with E-state index in [1.54, 1.807) is 24.5 Å². The van der Waals surface area contributed by atoms with Crippen molar-refractivity contribution < 1.29 is 13.2 Å². The fraction of sp³-hybridized carbons (Fsp3) is 0.412. The van der Waals surface area contributed by atoms with Crippen LogP contribution < -0.4 is 10.6 Å². The van der Waals surface area contributed by atoms with Gasteiger partial charge in [-0.05, 0) is 31.5 Å². The van der Waals surface area contributed by atoms with Crippen molar-refractivity contribution in [2.24, 2.45) is 4.99 Å². The molecule has 0 fully saturated rings. The third kappa shape index (κ3) is 5.74. The Bertz CT molecular complexity index is 718. The SMILES string of the molecule is CN=C(NCCc1nc(C)c(C)s1)NCc1cccc(C(F)(F)F)c1. The molecule has 25 heavy (non-hydrogen) atoms. The van der Waals surface area contributed by atoms with Gasteiger partial charge < -0.3 is 10.6 Å². The Balaban J connectivity index is 1.84. The van der Waals surface area contributed by atoms with Crippen LogP contribution in [0.15, 0.2) is 29.3 Å². The second-order valence-electron chi connectivity index (χ2n) is 5.55. The van der Waals surface area contributed by atoms with Gasteiger partial charge in [-0.2, -0.15) is 13.2 Å². The van der Waals surface area contributed by atoms with Crippen LogP contribution in [-0.4, -0.2) is 24.5 Å². The van der Waals surface area contributed by atoms with E-state index in [9.17, 15) is 13.2 Å². The third-order valence-electron chi connectivity index (χ3n) is 3.64. The molecular formula is C17H21F3N4S. The van der Waals surface area contributed by atoms with E-state index in [-0.39, 0.29) is 6.54 Å². The van der Waals surface area contributed by atoms with Gasteiger partial charge in [0.2, 0.25) is 0 Å². The van der Waals surface area contributed by atoms with Crippen LogP contribution in [0.25, 0.3) is 0 Å². The topological polar surface area (TPSA) is 49.3 Å². The molecule has 1 aromatic heterocycles. The molecule has 0 unspecified atom stereocenters. The highest BCUT2D eigenvalue weighted by atomic mass is 32.1. The average molecular weight is 370 g/mol. The lowest BCUT2D eigenvalue weighted by molar-refractivity contribution is -0.137. The summed E-state index contributed by atoms with van der Waals surface area (Å²) in [4.78, 5) is 9.76. The Morgan fingerprint density at radius 3 is 2.60 bits per heavy atom. The maximum Gasteiger partial charge on any atom is 0.416 e. The number of nitrogens with one attached hydrogen (secondary N) is 2. The molecule has 8 heteroatoms. The van der Waals surface area contributed by atoms with Crippen LogP contribution in [0, 0.1) is 13.8 Å². The van der Waals surface area contributed by atoms with Gasteiger partial charge in [-0.1, -0.05) is 12.1 Å². The largest absolute Gasteiger partial charge is 0.416 e. The van der Waals surface area contributed by atoms with Crippen molar-refractivity contribution in [2.45, 2.75) is 33.0 Å². The van der Waals surface area contributed by atoms with Crippen molar-refractivity contribution in [1.82, 2.24) is 15.6 Å². The number of guanidine groups is 1. The van der Waals surface area contributed by atoms with Crippen molar-refractivity contribution in [2.75, 3.05) is 13.6 Å². The molecule has 0 spiro atoms. The van der Waals surface area contributed by atoms with Crippen molar-refractivity contribution in [3.63, 3.8) is 0 Å². The van der Waals surface area contributed by atoms with E-state index in [1.165, 1.54) is 10.9 Å². The molecule has 0 amide bonds. The molecule has 0 atom stereocenters. The van der Waals surface area contributed by atoms with Crippen LogP contribution in [0.3, 0.4) is 0 Å². The number of aromatic nitrogens is 1. The Hall–Kier alpha value is -2.09. The number of nitrogens with zero attached hydrogens (tertiary/aromatic N) is 2. The quantitative estimate of drug-likeness (QED) is 0.623. The molecule has 0 saturated carbocycles. The Kier molecular flexibility index (Phi) is 6.41. The zero-order valence-corrected chi connectivity index (χ0v) is 15.2. The number of aryl methyl sites for hydroxylation is 2. The van der Waals surface area contributed by atoms with Crippen LogP contribution in [-0.2, 0) is 19.1 Å². The Labute approximate surface area is 149 Å². The molecule has 4 nitrogen and oxygen atoms in total. The molecule has 2 aromatic rings. The molecule has 2 rings (SSSR count). The highest BCUT2D eigenvalue weighted by molar-refractivity contribution is 7.11. The molecule has 0 saturated heterocycles. The summed E-state index contributed by atoms with van der Waals surface area (Å²) < 4.78 is 38.2. The molecule has 0 aliphatic heterocycles. The van der Waals surface area contributed by atoms with Gasteiger partial charge in [0, 0.05) is 31.4 Å². The smallest absolute Gasteiger partial charge is 0.356 e. The van der Waals surface area contributed by atoms with Crippen molar-refractivity contribution in [3.05, 3.63) is 51.0 Å². The van der Waals surface area contributed by atoms with Gasteiger partial charge in [-0.3, -0.25) is 4.99 Å². The van der Waals surface area contributed by atoms with E-state index in [0.29, 0.717) is 18.1 Å². The van der Waals surface area contributed by atoms with Gasteiger partial charge in [-0.25, -0.2) is 4.98 Å². The van der Waals surface area contributed by atoms with E-state index in [2.05, 4.69) is 20.6 Å². The minimum absolute atomic E-state index is 0.263. The monoisotopic (exact) mass is 370 g/mol. The summed E-state index contributed by atoms with van der Waals surface area (Å²) in [5.41, 5.74) is 0.945. The summed E-state index contributed by atoms with van der Waals surface area (Å²) in [6, 6.07) is 5.26. The predicted molar refractivity (Wildman–Crippen MR) is 94.9 cm³/mol. The number of halogens is 3. The van der Waals surface area contributed by atoms with Crippen molar-refractivity contribution >= 4 is 17.3 Å². The highest BCUT2D eigenvalue weighted by Gasteiger charge is 2.30. The third-order valence-corrected chi connectivity index (χ3v) is 4.77. The molecule has 1 aromatic carbocycles. The number of benzene rings is 1. The van der Waals surface area contributed by atoms with Gasteiger partial charge in [0.25, 0.3) is 0 Å². The van der Waals surface area contributed by atoms with E-state index >= 15 is 0 Å². The number of rotatable bonds is 5. The van der Waals surface area contributed by atoms with Crippen molar-refractivity contribution in [3.8, 4) is 0 Å². The first-order chi connectivity index (χ1) is 11.8. The van der Waals surface area contributed by atoms with Gasteiger partial charge >= 0.3 is 6.18 Å². The van der Waals surface area contributed by atoms with E-state index in [4.69, 9.17) is 0 Å². The molecule has 1 heterocycles. The molecule has 0 radical (unpaired) electrons. The molecule has 2 N–H and O–H groups in total. The second kappa shape index (κ2) is 8.33. The number of aliphatic imine (C=N–C) groups is 1. The second-order valence-corrected chi connectivity index (χ2v) is 6.84. The van der Waals surface area contributed by atoms with Crippen LogP contribution in [0.1, 0.15) is 26.7 Å². The van der Waals surface area contributed by atoms with Crippen LogP contribution >= 0.6 is 11.3 Å². The van der Waals surface area contributed by atoms with Gasteiger partial charge in [0.05, 0.1) is 16.3 Å². The highest BCUT2D eigenvalue weighted by Crippen LogP contribution is 2.29. The van der Waals surface area contributed by atoms with Crippen molar-refractivity contribution in [1.29, 1.82) is 0 Å². The normalized spacial score (nSPS) is 12.3. The molecule has 0 aliphatic rings. The average Bonchev–Trinajstić information content (AvgIpc) is 2.88. The first-order valence-electron chi connectivity index (χ1n) is 7.83. The number of hydrogen-bond donors (Lipinski definition) is 2. The molecule has 0 bridgehead atoms. The fourth-order valence-corrected chi connectivity index (χ4v) is 3.13. The van der Waals surface area contributed by atoms with Gasteiger partial charge in [0.15, 0.2) is 5.96 Å². The summed E-state index contributed by atoms with van der Waals surface area (Å²) in [6.45, 7) is 4.94. The number of alkyl halides is 3. The van der Waals surface area contributed by atoms with Crippen LogP contribution in [0.5, 0.6) is 0 Å². The number of hydrogen-bond acceptors (Lipinski definition) is 3. The fourth-order valence-electron chi connectivity index (χ4n) is 2.20. The summed E-state index contributed by atoms with van der Waals surface area (Å²) >= 11 is 1.67. The Morgan fingerprint density at radius 2 is 2.00 bits per heavy atom. The van der Waals surface area contributed by atoms with Crippen LogP contribution in [0.2, 0.25) is 0 Å². The first kappa shape index (κ1) is 19.2. The molecular weight excluding hydrogens is 349 g/mol. The Morgan fingerprint density at radius 1 is 1.24 bits per heavy atom. The summed E-state index contributed by atoms with van der Waals surface area (Å²) in [5.74, 6) is 0.544. The minimum Gasteiger partial charge on any atom is -0.356 e. The van der Waals surface area contributed by atoms with Gasteiger partial charge in [0.1, 0.15) is 0 Å². The van der Waals surface area contributed by atoms with E-state index in [1.807, 2.05) is 13.8 Å². The first-order valence-corrected chi connectivity index (χ1v) is 8.65. The minimum atomic E-state index is -4.33. The predicted octanol–water partition coefficient (Wildman–Crippen LogP) is 3.69. The van der Waals surface area contributed by atoms with Crippen LogP contribution in [0.4, 0.5) is 13.2 Å². The lowest BCUT2D eigenvalue weighted by atomic mass is 10.1. The lowest BCUT2D eigenvalue weighted by Crippen LogP contribution is -2.37. The summed E-state index contributed by atoms with van der Waals surface area (Å²) in [7, 11) is 1.62. The van der Waals surface area contributed by atoms with E-state index in [0.717, 1.165) is 29.3 Å². The molecule has 136 valence electrons. The van der Waals surface area contributed by atoms with Gasteiger partial charge in [-0.15, -0.1) is 11.3 Å². The lowest BCUT2D eigenvalue weighted by Gasteiger charge is -2.13. The summed E-state index contributed by atoms with van der Waals surface area (Å²) in [5, 5.41) is 7.22. The maximum absolute atomic E-state index is 12.7.